The van der Waals surface area contributed by atoms with Gasteiger partial charge in [-0.15, -0.1) is 11.3 Å². The van der Waals surface area contributed by atoms with Crippen LogP contribution >= 0.6 is 11.3 Å². The van der Waals surface area contributed by atoms with E-state index in [1.165, 1.54) is 29.1 Å². The van der Waals surface area contributed by atoms with Gasteiger partial charge in [0.1, 0.15) is 5.82 Å². The first-order chi connectivity index (χ1) is 11.2. The monoisotopic (exact) mass is 334 g/mol. The number of morpholine rings is 1. The van der Waals surface area contributed by atoms with Gasteiger partial charge in [-0.2, -0.15) is 0 Å². The van der Waals surface area contributed by atoms with E-state index in [0.717, 1.165) is 13.1 Å². The molecule has 1 aromatic heterocycles. The zero-order valence-electron chi connectivity index (χ0n) is 12.7. The molecule has 1 fully saturated rings. The third-order valence-electron chi connectivity index (χ3n) is 3.92. The molecule has 1 N–H and O–H groups in total. The average molecular weight is 334 g/mol. The first-order valence-electron chi connectivity index (χ1n) is 7.63. The van der Waals surface area contributed by atoms with E-state index in [-0.39, 0.29) is 17.8 Å². The highest BCUT2D eigenvalue weighted by Crippen LogP contribution is 2.25. The summed E-state index contributed by atoms with van der Waals surface area (Å²) in [4.78, 5) is 15.8. The summed E-state index contributed by atoms with van der Waals surface area (Å²) in [5.74, 6) is -0.522. The summed E-state index contributed by atoms with van der Waals surface area (Å²) >= 11 is 1.69. The van der Waals surface area contributed by atoms with Gasteiger partial charge in [-0.05, 0) is 35.7 Å². The smallest absolute Gasteiger partial charge is 0.251 e. The maximum atomic E-state index is 12.9. The Morgan fingerprint density at radius 1 is 1.26 bits per heavy atom. The first kappa shape index (κ1) is 16.1. The lowest BCUT2D eigenvalue weighted by atomic mass is 10.1. The van der Waals surface area contributed by atoms with Crippen LogP contribution in [0.15, 0.2) is 41.8 Å². The van der Waals surface area contributed by atoms with E-state index in [9.17, 15) is 9.18 Å². The van der Waals surface area contributed by atoms with E-state index < -0.39 is 0 Å². The maximum absolute atomic E-state index is 12.9. The normalized spacial score (nSPS) is 16.9. The molecule has 0 spiro atoms. The molecule has 0 saturated carbocycles. The van der Waals surface area contributed by atoms with Crippen molar-refractivity contribution >= 4 is 17.2 Å². The van der Waals surface area contributed by atoms with Gasteiger partial charge in [0.05, 0.1) is 19.3 Å². The Hall–Kier alpha value is -1.76. The van der Waals surface area contributed by atoms with Crippen LogP contribution in [-0.4, -0.2) is 43.7 Å². The lowest BCUT2D eigenvalue weighted by molar-refractivity contribution is 0.0169. The summed E-state index contributed by atoms with van der Waals surface area (Å²) in [6.45, 7) is 3.67. The quantitative estimate of drug-likeness (QED) is 0.914. The molecule has 1 aromatic carbocycles. The van der Waals surface area contributed by atoms with Crippen LogP contribution in [0, 0.1) is 5.82 Å². The number of thiophene rings is 1. The number of amides is 1. The molecular weight excluding hydrogens is 315 g/mol. The Morgan fingerprint density at radius 2 is 2.00 bits per heavy atom. The van der Waals surface area contributed by atoms with Crippen LogP contribution in [0.1, 0.15) is 21.3 Å². The SMILES string of the molecule is O=C(NC[C@H](c1cccs1)N1CCOCC1)c1ccc(F)cc1. The Balaban J connectivity index is 1.66. The second-order valence-electron chi connectivity index (χ2n) is 5.40. The van der Waals surface area contributed by atoms with E-state index in [0.29, 0.717) is 25.3 Å². The van der Waals surface area contributed by atoms with E-state index >= 15 is 0 Å². The molecule has 2 heterocycles. The van der Waals surface area contributed by atoms with Crippen molar-refractivity contribution < 1.29 is 13.9 Å². The molecule has 0 radical (unpaired) electrons. The zero-order chi connectivity index (χ0) is 16.1. The van der Waals surface area contributed by atoms with Gasteiger partial charge in [0.25, 0.3) is 5.91 Å². The maximum Gasteiger partial charge on any atom is 0.251 e. The van der Waals surface area contributed by atoms with Crippen LogP contribution in [0.2, 0.25) is 0 Å². The topological polar surface area (TPSA) is 41.6 Å². The minimum absolute atomic E-state index is 0.142. The Kier molecular flexibility index (Phi) is 5.38. The Labute approximate surface area is 138 Å². The molecule has 122 valence electrons. The van der Waals surface area contributed by atoms with Crippen molar-refractivity contribution in [2.24, 2.45) is 0 Å². The number of ether oxygens (including phenoxy) is 1. The number of benzene rings is 1. The van der Waals surface area contributed by atoms with Gasteiger partial charge in [-0.3, -0.25) is 9.69 Å². The minimum Gasteiger partial charge on any atom is -0.379 e. The molecule has 0 bridgehead atoms. The average Bonchev–Trinajstić information content (AvgIpc) is 3.11. The van der Waals surface area contributed by atoms with Crippen LogP contribution in [0.25, 0.3) is 0 Å². The molecule has 1 aliphatic rings. The fourth-order valence-electron chi connectivity index (χ4n) is 2.67. The summed E-state index contributed by atoms with van der Waals surface area (Å²) in [7, 11) is 0. The number of carbonyl (C=O) groups is 1. The summed E-state index contributed by atoms with van der Waals surface area (Å²) < 4.78 is 18.4. The Morgan fingerprint density at radius 3 is 2.65 bits per heavy atom. The predicted octanol–water partition coefficient (Wildman–Crippen LogP) is 2.69. The number of hydrogen-bond donors (Lipinski definition) is 1. The number of halogens is 1. The van der Waals surface area contributed by atoms with Crippen molar-refractivity contribution in [1.82, 2.24) is 10.2 Å². The molecule has 1 aliphatic heterocycles. The highest BCUT2D eigenvalue weighted by atomic mass is 32.1. The fourth-order valence-corrected chi connectivity index (χ4v) is 3.53. The lowest BCUT2D eigenvalue weighted by Gasteiger charge is -2.34. The lowest BCUT2D eigenvalue weighted by Crippen LogP contribution is -2.43. The van der Waals surface area contributed by atoms with Gasteiger partial charge in [0.15, 0.2) is 0 Å². The molecule has 1 amide bonds. The third-order valence-corrected chi connectivity index (χ3v) is 4.89. The third kappa shape index (κ3) is 4.16. The molecule has 1 atom stereocenters. The number of nitrogens with one attached hydrogen (secondary N) is 1. The molecule has 23 heavy (non-hydrogen) atoms. The van der Waals surface area contributed by atoms with Crippen LogP contribution < -0.4 is 5.32 Å². The molecule has 0 aliphatic carbocycles. The first-order valence-corrected chi connectivity index (χ1v) is 8.51. The number of rotatable bonds is 5. The van der Waals surface area contributed by atoms with E-state index in [4.69, 9.17) is 4.74 Å². The van der Waals surface area contributed by atoms with Gasteiger partial charge in [0, 0.05) is 30.1 Å². The van der Waals surface area contributed by atoms with Gasteiger partial charge in [0.2, 0.25) is 0 Å². The van der Waals surface area contributed by atoms with Crippen molar-refractivity contribution in [3.05, 3.63) is 58.0 Å². The van der Waals surface area contributed by atoms with Crippen molar-refractivity contribution in [3.63, 3.8) is 0 Å². The standard InChI is InChI=1S/C17H19FN2O2S/c18-14-5-3-13(4-6-14)17(21)19-12-15(16-2-1-11-23-16)20-7-9-22-10-8-20/h1-6,11,15H,7-10,12H2,(H,19,21)/t15-/m1/s1. The van der Waals surface area contributed by atoms with Gasteiger partial charge >= 0.3 is 0 Å². The van der Waals surface area contributed by atoms with Crippen LogP contribution in [0.3, 0.4) is 0 Å². The number of hydrogen-bond acceptors (Lipinski definition) is 4. The summed E-state index contributed by atoms with van der Waals surface area (Å²) in [5.41, 5.74) is 0.471. The molecule has 3 rings (SSSR count). The summed E-state index contributed by atoms with van der Waals surface area (Å²) in [5, 5.41) is 5.01. The molecular formula is C17H19FN2O2S. The van der Waals surface area contributed by atoms with Crippen LogP contribution in [-0.2, 0) is 4.74 Å². The molecule has 4 nitrogen and oxygen atoms in total. The van der Waals surface area contributed by atoms with Crippen LogP contribution in [0.5, 0.6) is 0 Å². The van der Waals surface area contributed by atoms with Crippen molar-refractivity contribution in [3.8, 4) is 0 Å². The van der Waals surface area contributed by atoms with Crippen molar-refractivity contribution in [2.75, 3.05) is 32.8 Å². The largest absolute Gasteiger partial charge is 0.379 e. The highest BCUT2D eigenvalue weighted by Gasteiger charge is 2.24. The highest BCUT2D eigenvalue weighted by molar-refractivity contribution is 7.10. The number of nitrogens with zero attached hydrogens (tertiary/aromatic N) is 1. The fraction of sp³-hybridized carbons (Fsp3) is 0.353. The predicted molar refractivity (Wildman–Crippen MR) is 88.2 cm³/mol. The minimum atomic E-state index is -0.341. The van der Waals surface area contributed by atoms with Gasteiger partial charge in [-0.1, -0.05) is 6.07 Å². The summed E-state index contributed by atoms with van der Waals surface area (Å²) in [6, 6.07) is 9.85. The van der Waals surface area contributed by atoms with Gasteiger partial charge in [-0.25, -0.2) is 4.39 Å². The molecule has 0 unspecified atom stereocenters. The molecule has 2 aromatic rings. The van der Waals surface area contributed by atoms with Crippen molar-refractivity contribution in [2.45, 2.75) is 6.04 Å². The van der Waals surface area contributed by atoms with Gasteiger partial charge < -0.3 is 10.1 Å². The van der Waals surface area contributed by atoms with E-state index in [1.807, 2.05) is 11.4 Å². The second kappa shape index (κ2) is 7.68. The summed E-state index contributed by atoms with van der Waals surface area (Å²) in [6.07, 6.45) is 0. The van der Waals surface area contributed by atoms with E-state index in [2.05, 4.69) is 16.3 Å². The second-order valence-corrected chi connectivity index (χ2v) is 6.38. The zero-order valence-corrected chi connectivity index (χ0v) is 13.5. The Bertz CT molecular complexity index is 625. The van der Waals surface area contributed by atoms with Crippen molar-refractivity contribution in [1.29, 1.82) is 0 Å². The van der Waals surface area contributed by atoms with E-state index in [1.54, 1.807) is 11.3 Å². The number of carbonyl (C=O) groups excluding carboxylic acids is 1. The van der Waals surface area contributed by atoms with Crippen LogP contribution in [0.4, 0.5) is 4.39 Å². The molecule has 1 saturated heterocycles. The molecule has 6 heteroatoms.